The van der Waals surface area contributed by atoms with Gasteiger partial charge in [-0.1, -0.05) is 30.5 Å². The van der Waals surface area contributed by atoms with E-state index in [1.54, 1.807) is 0 Å². The maximum absolute atomic E-state index is 6.22. The molecule has 1 aromatic carbocycles. The fourth-order valence-corrected chi connectivity index (χ4v) is 5.46. The molecule has 0 radical (unpaired) electrons. The highest BCUT2D eigenvalue weighted by Gasteiger charge is 2.30. The summed E-state index contributed by atoms with van der Waals surface area (Å²) < 4.78 is 2.27. The minimum Gasteiger partial charge on any atom is -0.349 e. The number of nitrogens with two attached hydrogens (primary N) is 1. The van der Waals surface area contributed by atoms with Gasteiger partial charge in [0.15, 0.2) is 5.65 Å². The summed E-state index contributed by atoms with van der Waals surface area (Å²) in [5.74, 6) is 2.09. The number of anilines is 3. The van der Waals surface area contributed by atoms with Crippen LogP contribution in [0, 0.1) is 5.92 Å². The Morgan fingerprint density at radius 1 is 1.16 bits per heavy atom. The zero-order valence-electron chi connectivity index (χ0n) is 18.6. The molecule has 0 spiro atoms. The van der Waals surface area contributed by atoms with E-state index in [1.165, 1.54) is 12.8 Å². The number of imidazole rings is 1. The van der Waals surface area contributed by atoms with Gasteiger partial charge in [-0.15, -0.1) is 0 Å². The number of hydrogen-bond donors (Lipinski definition) is 3. The molecule has 2 aliphatic carbocycles. The Bertz CT molecular complexity index is 1080. The first-order valence-corrected chi connectivity index (χ1v) is 12.2. The lowest BCUT2D eigenvalue weighted by Crippen LogP contribution is -2.31. The third-order valence-electron chi connectivity index (χ3n) is 7.15. The van der Waals surface area contributed by atoms with Crippen molar-refractivity contribution in [1.29, 1.82) is 0 Å². The van der Waals surface area contributed by atoms with E-state index >= 15 is 0 Å². The summed E-state index contributed by atoms with van der Waals surface area (Å²) in [5.41, 5.74) is 8.60. The lowest BCUT2D eigenvalue weighted by atomic mass is 9.86. The molecule has 2 aromatic heterocycles. The van der Waals surface area contributed by atoms with E-state index in [1.807, 2.05) is 30.5 Å². The van der Waals surface area contributed by atoms with Gasteiger partial charge in [0.05, 0.1) is 6.20 Å². The molecule has 2 heterocycles. The Labute approximate surface area is 194 Å². The van der Waals surface area contributed by atoms with Crippen LogP contribution in [0.2, 0.25) is 5.02 Å². The minimum absolute atomic E-state index is 0.0690. The molecule has 5 rings (SSSR count). The first-order chi connectivity index (χ1) is 15.5. The molecule has 32 heavy (non-hydrogen) atoms. The van der Waals surface area contributed by atoms with Gasteiger partial charge in [-0.05, 0) is 76.1 Å². The van der Waals surface area contributed by atoms with E-state index in [2.05, 4.69) is 27.1 Å². The monoisotopic (exact) mass is 453 g/mol. The highest BCUT2D eigenvalue weighted by molar-refractivity contribution is 6.30. The van der Waals surface area contributed by atoms with Crippen LogP contribution in [0.15, 0.2) is 30.5 Å². The lowest BCUT2D eigenvalue weighted by molar-refractivity contribution is 0.284. The summed E-state index contributed by atoms with van der Waals surface area (Å²) in [6, 6.07) is 8.05. The van der Waals surface area contributed by atoms with Crippen molar-refractivity contribution in [1.82, 2.24) is 19.5 Å². The van der Waals surface area contributed by atoms with Crippen molar-refractivity contribution in [3.8, 4) is 0 Å². The first-order valence-electron chi connectivity index (χ1n) is 11.8. The molecule has 0 atom stereocenters. The third kappa shape index (κ3) is 4.41. The second kappa shape index (κ2) is 8.87. The maximum atomic E-state index is 6.22. The fourth-order valence-electron chi connectivity index (χ4n) is 5.27. The highest BCUT2D eigenvalue weighted by atomic mass is 35.5. The molecule has 3 aromatic rings. The smallest absolute Gasteiger partial charge is 0.225 e. The predicted molar refractivity (Wildman–Crippen MR) is 131 cm³/mol. The zero-order valence-corrected chi connectivity index (χ0v) is 19.4. The largest absolute Gasteiger partial charge is 0.349 e. The van der Waals surface area contributed by atoms with E-state index < -0.39 is 0 Å². The fraction of sp³-hybridized carbons (Fsp3) is 0.542. The molecule has 0 aliphatic heterocycles. The Balaban J connectivity index is 1.52. The maximum Gasteiger partial charge on any atom is 0.225 e. The zero-order chi connectivity index (χ0) is 22.1. The van der Waals surface area contributed by atoms with Crippen molar-refractivity contribution in [3.63, 3.8) is 0 Å². The van der Waals surface area contributed by atoms with Crippen molar-refractivity contribution in [2.45, 2.75) is 69.9 Å². The van der Waals surface area contributed by atoms with E-state index in [0.29, 0.717) is 22.9 Å². The summed E-state index contributed by atoms with van der Waals surface area (Å²) in [4.78, 5) is 14.4. The van der Waals surface area contributed by atoms with Gasteiger partial charge >= 0.3 is 0 Å². The molecular weight excluding hydrogens is 422 g/mol. The Morgan fingerprint density at radius 3 is 2.66 bits per heavy atom. The Hall–Kier alpha value is -2.38. The average Bonchev–Trinajstić information content (AvgIpc) is 3.37. The minimum atomic E-state index is 0.0690. The molecule has 4 N–H and O–H groups in total. The summed E-state index contributed by atoms with van der Waals surface area (Å²) in [6.45, 7) is 3.03. The quantitative estimate of drug-likeness (QED) is 0.446. The summed E-state index contributed by atoms with van der Waals surface area (Å²) >= 11 is 6.22. The van der Waals surface area contributed by atoms with Gasteiger partial charge in [-0.25, -0.2) is 9.97 Å². The number of nitrogens with one attached hydrogen (secondary N) is 2. The van der Waals surface area contributed by atoms with Gasteiger partial charge in [0.25, 0.3) is 0 Å². The second-order valence-electron chi connectivity index (χ2n) is 9.65. The van der Waals surface area contributed by atoms with Crippen molar-refractivity contribution < 1.29 is 0 Å². The standard InChI is InChI=1S/C24H32ClN7/c1-24(11-2-3-12-24)31-22-27-15-20-21(30-22)32(19-9-7-16(14-26)8-10-19)23(29-20)28-18-6-4-5-17(25)13-18/h4-6,13,15-16,19H,2-3,7-12,14,26H2,1H3,(H,28,29)(H,27,30,31)/t16-,19-. The van der Waals surface area contributed by atoms with Crippen LogP contribution in [0.1, 0.15) is 64.3 Å². The van der Waals surface area contributed by atoms with Gasteiger partial charge in [0, 0.05) is 22.3 Å². The molecule has 2 fully saturated rings. The van der Waals surface area contributed by atoms with E-state index in [0.717, 1.165) is 67.9 Å². The van der Waals surface area contributed by atoms with Crippen LogP contribution < -0.4 is 16.4 Å². The van der Waals surface area contributed by atoms with Crippen LogP contribution >= 0.6 is 11.6 Å². The van der Waals surface area contributed by atoms with Gasteiger partial charge in [0.1, 0.15) is 5.52 Å². The van der Waals surface area contributed by atoms with Crippen LogP contribution in [0.4, 0.5) is 17.6 Å². The molecule has 8 heteroatoms. The van der Waals surface area contributed by atoms with Gasteiger partial charge < -0.3 is 16.4 Å². The molecule has 2 aliphatic rings. The predicted octanol–water partition coefficient (Wildman–Crippen LogP) is 5.66. The van der Waals surface area contributed by atoms with E-state index in [-0.39, 0.29) is 5.54 Å². The number of nitrogens with zero attached hydrogens (tertiary/aromatic N) is 4. The summed E-state index contributed by atoms with van der Waals surface area (Å²) in [5, 5.41) is 7.78. The number of benzene rings is 1. The van der Waals surface area contributed by atoms with Crippen LogP contribution in [-0.2, 0) is 0 Å². The third-order valence-corrected chi connectivity index (χ3v) is 7.38. The Morgan fingerprint density at radius 2 is 1.94 bits per heavy atom. The topological polar surface area (TPSA) is 93.7 Å². The van der Waals surface area contributed by atoms with Crippen LogP contribution in [0.25, 0.3) is 11.2 Å². The summed E-state index contributed by atoms with van der Waals surface area (Å²) in [7, 11) is 0. The molecule has 2 saturated carbocycles. The molecular formula is C24H32ClN7. The van der Waals surface area contributed by atoms with Gasteiger partial charge in [-0.2, -0.15) is 4.98 Å². The van der Waals surface area contributed by atoms with Gasteiger partial charge in [-0.3, -0.25) is 4.57 Å². The van der Waals surface area contributed by atoms with Crippen molar-refractivity contribution in [2.75, 3.05) is 17.2 Å². The van der Waals surface area contributed by atoms with Crippen LogP contribution in [0.5, 0.6) is 0 Å². The number of fused-ring (bicyclic) bond motifs is 1. The van der Waals surface area contributed by atoms with Crippen molar-refractivity contribution in [2.24, 2.45) is 11.7 Å². The molecule has 0 bridgehead atoms. The normalized spacial score (nSPS) is 22.8. The number of halogens is 1. The molecule has 0 saturated heterocycles. The van der Waals surface area contributed by atoms with E-state index in [9.17, 15) is 0 Å². The summed E-state index contributed by atoms with van der Waals surface area (Å²) in [6.07, 6.45) is 11.1. The number of rotatable bonds is 6. The Kier molecular flexibility index (Phi) is 5.95. The molecule has 7 nitrogen and oxygen atoms in total. The highest BCUT2D eigenvalue weighted by Crippen LogP contribution is 2.37. The average molecular weight is 454 g/mol. The molecule has 0 unspecified atom stereocenters. The van der Waals surface area contributed by atoms with Crippen LogP contribution in [-0.4, -0.2) is 31.6 Å². The SMILES string of the molecule is CC1(Nc2ncc3nc(Nc4cccc(Cl)c4)n([C@H]4CC[C@H](CN)CC4)c3n2)CCCC1. The van der Waals surface area contributed by atoms with E-state index in [4.69, 9.17) is 27.3 Å². The second-order valence-corrected chi connectivity index (χ2v) is 10.1. The van der Waals surface area contributed by atoms with Crippen LogP contribution in [0.3, 0.4) is 0 Å². The number of aromatic nitrogens is 4. The molecule has 170 valence electrons. The number of hydrogen-bond acceptors (Lipinski definition) is 6. The molecule has 0 amide bonds. The van der Waals surface area contributed by atoms with Gasteiger partial charge in [0.2, 0.25) is 11.9 Å². The van der Waals surface area contributed by atoms with Crippen molar-refractivity contribution >= 4 is 40.3 Å². The van der Waals surface area contributed by atoms with Crippen molar-refractivity contribution in [3.05, 3.63) is 35.5 Å². The first kappa shape index (κ1) is 21.5. The lowest BCUT2D eigenvalue weighted by Gasteiger charge is -2.30.